The van der Waals surface area contributed by atoms with Crippen LogP contribution in [0, 0.1) is 0 Å². The lowest BCUT2D eigenvalue weighted by atomic mass is 9.97. The third-order valence-corrected chi connectivity index (χ3v) is 3.15. The van der Waals surface area contributed by atoms with E-state index in [1.807, 2.05) is 6.92 Å². The molecule has 1 aliphatic heterocycles. The molecule has 2 atom stereocenters. The van der Waals surface area contributed by atoms with E-state index < -0.39 is 0 Å². The number of nitrogens with two attached hydrogens (primary N) is 1. The molecule has 1 rings (SSSR count). The molecule has 0 spiro atoms. The summed E-state index contributed by atoms with van der Waals surface area (Å²) < 4.78 is 0. The molecule has 0 saturated carbocycles. The number of carbonyl (C=O) groups excluding carboxylic acids is 1. The summed E-state index contributed by atoms with van der Waals surface area (Å²) in [6.07, 6.45) is 4.09. The van der Waals surface area contributed by atoms with E-state index in [0.717, 1.165) is 25.8 Å². The highest BCUT2D eigenvalue weighted by atomic mass is 16.3. The standard InChI is InChI=1S/C10H21N3O2/c1-8(10(15)12-11)13-6-3-2-4-9(13)5-7-14/h8-9,14H,2-7,11H2,1H3,(H,12,15). The van der Waals surface area contributed by atoms with E-state index in [9.17, 15) is 4.79 Å². The van der Waals surface area contributed by atoms with Crippen LogP contribution in [0.15, 0.2) is 0 Å². The Bertz CT molecular complexity index is 209. The van der Waals surface area contributed by atoms with Crippen molar-refractivity contribution in [1.82, 2.24) is 10.3 Å². The number of carbonyl (C=O) groups is 1. The van der Waals surface area contributed by atoms with Gasteiger partial charge < -0.3 is 5.11 Å². The highest BCUT2D eigenvalue weighted by Gasteiger charge is 2.29. The van der Waals surface area contributed by atoms with Crippen molar-refractivity contribution in [2.24, 2.45) is 5.84 Å². The predicted molar refractivity (Wildman–Crippen MR) is 57.8 cm³/mol. The minimum Gasteiger partial charge on any atom is -0.396 e. The van der Waals surface area contributed by atoms with E-state index in [2.05, 4.69) is 10.3 Å². The van der Waals surface area contributed by atoms with Gasteiger partial charge in [-0.25, -0.2) is 5.84 Å². The van der Waals surface area contributed by atoms with E-state index >= 15 is 0 Å². The number of likely N-dealkylation sites (tertiary alicyclic amines) is 1. The first kappa shape index (κ1) is 12.4. The topological polar surface area (TPSA) is 78.6 Å². The SMILES string of the molecule is CC(C(=O)NN)N1CCCCC1CCO. The number of piperidine rings is 1. The van der Waals surface area contributed by atoms with Crippen LogP contribution >= 0.6 is 0 Å². The highest BCUT2D eigenvalue weighted by Crippen LogP contribution is 2.21. The molecule has 0 aromatic carbocycles. The third-order valence-electron chi connectivity index (χ3n) is 3.15. The van der Waals surface area contributed by atoms with E-state index in [1.54, 1.807) is 0 Å². The first-order valence-electron chi connectivity index (χ1n) is 5.57. The Morgan fingerprint density at radius 1 is 1.67 bits per heavy atom. The van der Waals surface area contributed by atoms with Gasteiger partial charge in [0.2, 0.25) is 0 Å². The molecule has 0 aromatic rings. The smallest absolute Gasteiger partial charge is 0.250 e. The average molecular weight is 215 g/mol. The lowest BCUT2D eigenvalue weighted by Gasteiger charge is -2.38. The van der Waals surface area contributed by atoms with Gasteiger partial charge in [0.15, 0.2) is 0 Å². The maximum absolute atomic E-state index is 11.4. The number of nitrogens with one attached hydrogen (secondary N) is 1. The van der Waals surface area contributed by atoms with Gasteiger partial charge in [-0.15, -0.1) is 0 Å². The van der Waals surface area contributed by atoms with Gasteiger partial charge in [0, 0.05) is 12.6 Å². The van der Waals surface area contributed by atoms with Crippen LogP contribution in [0.25, 0.3) is 0 Å². The van der Waals surface area contributed by atoms with Crippen molar-refractivity contribution in [1.29, 1.82) is 0 Å². The molecule has 1 heterocycles. The Morgan fingerprint density at radius 2 is 2.40 bits per heavy atom. The summed E-state index contributed by atoms with van der Waals surface area (Å²) in [4.78, 5) is 13.6. The van der Waals surface area contributed by atoms with Crippen LogP contribution in [0.4, 0.5) is 0 Å². The normalized spacial score (nSPS) is 24.9. The number of amides is 1. The molecule has 1 fully saturated rings. The van der Waals surface area contributed by atoms with Crippen molar-refractivity contribution >= 4 is 5.91 Å². The Hall–Kier alpha value is -0.650. The fourth-order valence-electron chi connectivity index (χ4n) is 2.26. The molecule has 0 aliphatic carbocycles. The Morgan fingerprint density at radius 3 is 3.00 bits per heavy atom. The van der Waals surface area contributed by atoms with Crippen LogP contribution in [0.3, 0.4) is 0 Å². The molecule has 1 saturated heterocycles. The van der Waals surface area contributed by atoms with Crippen LogP contribution in [-0.4, -0.2) is 41.1 Å². The number of nitrogens with zero attached hydrogens (tertiary/aromatic N) is 1. The minimum absolute atomic E-state index is 0.153. The minimum atomic E-state index is -0.202. The average Bonchev–Trinajstić information content (AvgIpc) is 2.28. The predicted octanol–water partition coefficient (Wildman–Crippen LogP) is -0.398. The molecule has 0 bridgehead atoms. The van der Waals surface area contributed by atoms with Crippen LogP contribution in [0.1, 0.15) is 32.6 Å². The monoisotopic (exact) mass is 215 g/mol. The zero-order valence-corrected chi connectivity index (χ0v) is 9.28. The fourth-order valence-corrected chi connectivity index (χ4v) is 2.26. The third kappa shape index (κ3) is 3.15. The number of hydrazine groups is 1. The zero-order chi connectivity index (χ0) is 11.3. The summed E-state index contributed by atoms with van der Waals surface area (Å²) in [6.45, 7) is 2.95. The number of hydrogen-bond acceptors (Lipinski definition) is 4. The lowest BCUT2D eigenvalue weighted by molar-refractivity contribution is -0.127. The number of rotatable bonds is 4. The molecule has 88 valence electrons. The maximum atomic E-state index is 11.4. The van der Waals surface area contributed by atoms with Gasteiger partial charge in [0.25, 0.3) is 5.91 Å². The van der Waals surface area contributed by atoms with Gasteiger partial charge in [0.05, 0.1) is 6.04 Å². The second-order valence-electron chi connectivity index (χ2n) is 4.08. The van der Waals surface area contributed by atoms with Crippen molar-refractivity contribution in [3.63, 3.8) is 0 Å². The summed E-state index contributed by atoms with van der Waals surface area (Å²) in [7, 11) is 0. The van der Waals surface area contributed by atoms with E-state index in [0.29, 0.717) is 6.04 Å². The summed E-state index contributed by atoms with van der Waals surface area (Å²) in [5, 5.41) is 8.96. The van der Waals surface area contributed by atoms with E-state index in [1.165, 1.54) is 6.42 Å². The number of aliphatic hydroxyl groups is 1. The van der Waals surface area contributed by atoms with Crippen molar-refractivity contribution in [3.8, 4) is 0 Å². The molecule has 0 radical (unpaired) electrons. The Labute approximate surface area is 90.6 Å². The maximum Gasteiger partial charge on any atom is 0.250 e. The Kier molecular flexibility index (Phi) is 5.01. The van der Waals surface area contributed by atoms with Gasteiger partial charge in [-0.1, -0.05) is 6.42 Å². The quantitative estimate of drug-likeness (QED) is 0.339. The van der Waals surface area contributed by atoms with Gasteiger partial charge in [-0.05, 0) is 32.7 Å². The second-order valence-corrected chi connectivity index (χ2v) is 4.08. The summed E-state index contributed by atoms with van der Waals surface area (Å²) >= 11 is 0. The molecular weight excluding hydrogens is 194 g/mol. The van der Waals surface area contributed by atoms with Crippen molar-refractivity contribution in [3.05, 3.63) is 0 Å². The molecule has 5 heteroatoms. The molecule has 1 aliphatic rings. The number of aliphatic hydroxyl groups excluding tert-OH is 1. The summed E-state index contributed by atoms with van der Waals surface area (Å²) in [5.41, 5.74) is 2.18. The molecule has 4 N–H and O–H groups in total. The van der Waals surface area contributed by atoms with Crippen LogP contribution in [0.2, 0.25) is 0 Å². The van der Waals surface area contributed by atoms with E-state index in [-0.39, 0.29) is 18.6 Å². The summed E-state index contributed by atoms with van der Waals surface area (Å²) in [5.74, 6) is 4.97. The molecular formula is C10H21N3O2. The number of hydrogen-bond donors (Lipinski definition) is 3. The van der Waals surface area contributed by atoms with Crippen molar-refractivity contribution in [2.45, 2.75) is 44.7 Å². The van der Waals surface area contributed by atoms with Crippen LogP contribution in [0.5, 0.6) is 0 Å². The van der Waals surface area contributed by atoms with Gasteiger partial charge in [0.1, 0.15) is 0 Å². The zero-order valence-electron chi connectivity index (χ0n) is 9.28. The molecule has 2 unspecified atom stereocenters. The lowest BCUT2D eigenvalue weighted by Crippen LogP contribution is -2.53. The van der Waals surface area contributed by atoms with E-state index in [4.69, 9.17) is 10.9 Å². The van der Waals surface area contributed by atoms with Gasteiger partial charge >= 0.3 is 0 Å². The van der Waals surface area contributed by atoms with Crippen molar-refractivity contribution in [2.75, 3.05) is 13.2 Å². The first-order valence-corrected chi connectivity index (χ1v) is 5.57. The largest absolute Gasteiger partial charge is 0.396 e. The van der Waals surface area contributed by atoms with Gasteiger partial charge in [-0.3, -0.25) is 15.1 Å². The second kappa shape index (κ2) is 6.05. The van der Waals surface area contributed by atoms with Gasteiger partial charge in [-0.2, -0.15) is 0 Å². The van der Waals surface area contributed by atoms with Crippen LogP contribution < -0.4 is 11.3 Å². The molecule has 15 heavy (non-hydrogen) atoms. The first-order chi connectivity index (χ1) is 7.20. The molecule has 5 nitrogen and oxygen atoms in total. The fraction of sp³-hybridized carbons (Fsp3) is 0.900. The summed E-state index contributed by atoms with van der Waals surface area (Å²) in [6, 6.07) is 0.114. The Balaban J connectivity index is 2.58. The van der Waals surface area contributed by atoms with Crippen LogP contribution in [-0.2, 0) is 4.79 Å². The highest BCUT2D eigenvalue weighted by molar-refractivity contribution is 5.80. The molecule has 1 amide bonds. The molecule has 0 aromatic heterocycles. The van der Waals surface area contributed by atoms with Crippen molar-refractivity contribution < 1.29 is 9.90 Å².